The number of carboxylic acid groups (broad SMARTS) is 1. The van der Waals surface area contributed by atoms with Gasteiger partial charge in [-0.3, -0.25) is 4.79 Å². The van der Waals surface area contributed by atoms with Gasteiger partial charge in [0.15, 0.2) is 0 Å². The zero-order valence-corrected chi connectivity index (χ0v) is 9.55. The Morgan fingerprint density at radius 3 is 2.36 bits per heavy atom. The summed E-state index contributed by atoms with van der Waals surface area (Å²) in [6.45, 7) is 7.61. The average Bonchev–Trinajstić information content (AvgIpc) is 2.11. The van der Waals surface area contributed by atoms with Gasteiger partial charge in [-0.2, -0.15) is 0 Å². The molecule has 0 aliphatic rings. The Bertz CT molecular complexity index is 245. The molecule has 0 heterocycles. The lowest BCUT2D eigenvalue weighted by atomic mass is 9.74. The number of carboxylic acids is 1. The van der Waals surface area contributed by atoms with E-state index in [4.69, 9.17) is 0 Å². The molecule has 0 aliphatic heterocycles. The lowest BCUT2D eigenvalue weighted by Crippen LogP contribution is -2.35. The Morgan fingerprint density at radius 1 is 1.50 bits per heavy atom. The second-order valence-electron chi connectivity index (χ2n) is 3.91. The second-order valence-corrected chi connectivity index (χ2v) is 3.91. The molecule has 0 bridgehead atoms. The van der Waals surface area contributed by atoms with E-state index in [-0.39, 0.29) is 5.92 Å². The molecule has 2 heteroatoms. The highest BCUT2D eigenvalue weighted by molar-refractivity contribution is 5.79. The van der Waals surface area contributed by atoms with Gasteiger partial charge in [-0.1, -0.05) is 39.5 Å². The van der Waals surface area contributed by atoms with Crippen LogP contribution in [0.5, 0.6) is 0 Å². The van der Waals surface area contributed by atoms with Crippen molar-refractivity contribution in [3.05, 3.63) is 0 Å². The van der Waals surface area contributed by atoms with Crippen LogP contribution in [0.3, 0.4) is 0 Å². The third-order valence-electron chi connectivity index (χ3n) is 2.64. The van der Waals surface area contributed by atoms with Crippen molar-refractivity contribution in [3.8, 4) is 11.8 Å². The van der Waals surface area contributed by atoms with Gasteiger partial charge >= 0.3 is 5.97 Å². The largest absolute Gasteiger partial charge is 0.480 e. The van der Waals surface area contributed by atoms with Gasteiger partial charge in [0.25, 0.3) is 0 Å². The van der Waals surface area contributed by atoms with E-state index < -0.39 is 11.4 Å². The molecule has 0 aromatic carbocycles. The van der Waals surface area contributed by atoms with Crippen molar-refractivity contribution >= 4 is 5.97 Å². The first kappa shape index (κ1) is 13.0. The van der Waals surface area contributed by atoms with E-state index in [1.807, 2.05) is 13.8 Å². The highest BCUT2D eigenvalue weighted by Gasteiger charge is 2.39. The summed E-state index contributed by atoms with van der Waals surface area (Å²) in [5.74, 6) is 4.90. The van der Waals surface area contributed by atoms with Crippen molar-refractivity contribution in [1.29, 1.82) is 0 Å². The Labute approximate surface area is 86.7 Å². The molecule has 1 unspecified atom stereocenters. The van der Waals surface area contributed by atoms with Crippen LogP contribution in [-0.2, 0) is 4.79 Å². The minimum Gasteiger partial charge on any atom is -0.480 e. The maximum absolute atomic E-state index is 11.3. The van der Waals surface area contributed by atoms with Crippen LogP contribution in [0.25, 0.3) is 0 Å². The maximum Gasteiger partial charge on any atom is 0.322 e. The molecule has 1 N–H and O–H groups in total. The zero-order chi connectivity index (χ0) is 11.2. The quantitative estimate of drug-likeness (QED) is 0.686. The summed E-state index contributed by atoms with van der Waals surface area (Å²) in [6, 6.07) is 0. The highest BCUT2D eigenvalue weighted by atomic mass is 16.4. The van der Waals surface area contributed by atoms with Gasteiger partial charge < -0.3 is 5.11 Å². The molecule has 0 aliphatic carbocycles. The van der Waals surface area contributed by atoms with Crippen LogP contribution < -0.4 is 0 Å². The average molecular weight is 196 g/mol. The van der Waals surface area contributed by atoms with Crippen LogP contribution in [0.15, 0.2) is 0 Å². The number of hydrogen-bond acceptors (Lipinski definition) is 1. The van der Waals surface area contributed by atoms with Crippen molar-refractivity contribution < 1.29 is 9.90 Å². The number of hydrogen-bond donors (Lipinski definition) is 1. The third kappa shape index (κ3) is 2.77. The van der Waals surface area contributed by atoms with Crippen molar-refractivity contribution in [1.82, 2.24) is 0 Å². The topological polar surface area (TPSA) is 37.3 Å². The van der Waals surface area contributed by atoms with E-state index >= 15 is 0 Å². The molecule has 14 heavy (non-hydrogen) atoms. The van der Waals surface area contributed by atoms with E-state index in [2.05, 4.69) is 18.8 Å². The minimum absolute atomic E-state index is 0.0546. The van der Waals surface area contributed by atoms with Crippen LogP contribution >= 0.6 is 0 Å². The van der Waals surface area contributed by atoms with Crippen molar-refractivity contribution in [2.75, 3.05) is 0 Å². The molecule has 0 aromatic heterocycles. The van der Waals surface area contributed by atoms with E-state index in [9.17, 15) is 9.90 Å². The van der Waals surface area contributed by atoms with E-state index in [1.165, 1.54) is 0 Å². The first-order valence-electron chi connectivity index (χ1n) is 5.18. The standard InChI is InChI=1S/C12H20O2/c1-5-7-9-12(8-6-2,10(3)4)11(13)14/h10H,5,7,9H2,1-4H3,(H,13,14). The first-order valence-corrected chi connectivity index (χ1v) is 5.18. The Balaban J connectivity index is 4.92. The maximum atomic E-state index is 11.3. The van der Waals surface area contributed by atoms with E-state index in [0.717, 1.165) is 12.8 Å². The summed E-state index contributed by atoms with van der Waals surface area (Å²) in [5, 5.41) is 9.25. The summed E-state index contributed by atoms with van der Waals surface area (Å²) in [6.07, 6.45) is 2.57. The summed E-state index contributed by atoms with van der Waals surface area (Å²) < 4.78 is 0. The van der Waals surface area contributed by atoms with Crippen LogP contribution in [-0.4, -0.2) is 11.1 Å². The molecule has 0 aromatic rings. The number of rotatable bonds is 5. The summed E-state index contributed by atoms with van der Waals surface area (Å²) >= 11 is 0. The lowest BCUT2D eigenvalue weighted by molar-refractivity contribution is -0.148. The van der Waals surface area contributed by atoms with E-state index in [0.29, 0.717) is 6.42 Å². The van der Waals surface area contributed by atoms with Crippen LogP contribution in [0.1, 0.15) is 47.0 Å². The molecule has 2 nitrogen and oxygen atoms in total. The molecule has 1 atom stereocenters. The Kier molecular flexibility index (Phi) is 5.30. The van der Waals surface area contributed by atoms with Crippen LogP contribution in [0.2, 0.25) is 0 Å². The molecular formula is C12H20O2. The predicted molar refractivity (Wildman–Crippen MR) is 57.9 cm³/mol. The summed E-state index contributed by atoms with van der Waals surface area (Å²) in [7, 11) is 0. The molecule has 0 rings (SSSR count). The fraction of sp³-hybridized carbons (Fsp3) is 0.750. The summed E-state index contributed by atoms with van der Waals surface area (Å²) in [4.78, 5) is 11.3. The molecule has 0 saturated heterocycles. The fourth-order valence-corrected chi connectivity index (χ4v) is 1.58. The molecule has 0 spiro atoms. The smallest absolute Gasteiger partial charge is 0.322 e. The molecular weight excluding hydrogens is 176 g/mol. The van der Waals surface area contributed by atoms with Gasteiger partial charge in [0.2, 0.25) is 0 Å². The zero-order valence-electron chi connectivity index (χ0n) is 9.55. The number of unbranched alkanes of at least 4 members (excludes halogenated alkanes) is 1. The van der Waals surface area contributed by atoms with Gasteiger partial charge in [0.1, 0.15) is 5.41 Å². The molecule has 80 valence electrons. The van der Waals surface area contributed by atoms with Gasteiger partial charge in [0.05, 0.1) is 0 Å². The van der Waals surface area contributed by atoms with Crippen LogP contribution in [0, 0.1) is 23.2 Å². The van der Waals surface area contributed by atoms with Crippen molar-refractivity contribution in [2.45, 2.75) is 47.0 Å². The fourth-order valence-electron chi connectivity index (χ4n) is 1.58. The monoisotopic (exact) mass is 196 g/mol. The molecule has 0 saturated carbocycles. The van der Waals surface area contributed by atoms with Crippen LogP contribution in [0.4, 0.5) is 0 Å². The van der Waals surface area contributed by atoms with Gasteiger partial charge in [0, 0.05) is 0 Å². The molecule has 0 amide bonds. The Morgan fingerprint density at radius 2 is 2.07 bits per heavy atom. The minimum atomic E-state index is -0.842. The summed E-state index contributed by atoms with van der Waals surface area (Å²) in [5.41, 5.74) is -0.842. The van der Waals surface area contributed by atoms with Gasteiger partial charge in [-0.15, -0.1) is 5.92 Å². The molecule has 0 radical (unpaired) electrons. The SMILES string of the molecule is CC#CC(CCCC)(C(=O)O)C(C)C. The molecule has 0 fully saturated rings. The highest BCUT2D eigenvalue weighted by Crippen LogP contribution is 2.33. The number of aliphatic carboxylic acids is 1. The Hall–Kier alpha value is -0.970. The second kappa shape index (κ2) is 5.70. The van der Waals surface area contributed by atoms with Gasteiger partial charge in [-0.25, -0.2) is 0 Å². The van der Waals surface area contributed by atoms with Gasteiger partial charge in [-0.05, 0) is 19.3 Å². The van der Waals surface area contributed by atoms with Crippen molar-refractivity contribution in [3.63, 3.8) is 0 Å². The third-order valence-corrected chi connectivity index (χ3v) is 2.64. The van der Waals surface area contributed by atoms with E-state index in [1.54, 1.807) is 6.92 Å². The number of carbonyl (C=O) groups is 1. The predicted octanol–water partition coefficient (Wildman–Crippen LogP) is 2.93. The first-order chi connectivity index (χ1) is 6.51. The lowest BCUT2D eigenvalue weighted by Gasteiger charge is -2.27. The van der Waals surface area contributed by atoms with Crippen molar-refractivity contribution in [2.24, 2.45) is 11.3 Å². The normalized spacial score (nSPS) is 14.4.